The van der Waals surface area contributed by atoms with Gasteiger partial charge < -0.3 is 4.74 Å². The lowest BCUT2D eigenvalue weighted by Crippen LogP contribution is -2.22. The second kappa shape index (κ2) is 4.29. The zero-order valence-electron chi connectivity index (χ0n) is 7.80. The van der Waals surface area contributed by atoms with Crippen LogP contribution in [0, 0.1) is 0 Å². The standard InChI is InChI=1S/C10H16O2/c1-3-4-5-9-7-6-8(2)12-10(9)11/h5,8H,3-4,6-7H2,1-2H3/b9-5+. The van der Waals surface area contributed by atoms with E-state index in [2.05, 4.69) is 6.92 Å². The molecule has 0 radical (unpaired) electrons. The van der Waals surface area contributed by atoms with E-state index in [0.29, 0.717) is 0 Å². The molecule has 0 spiro atoms. The Morgan fingerprint density at radius 3 is 3.00 bits per heavy atom. The molecule has 1 saturated heterocycles. The number of allylic oxidation sites excluding steroid dienone is 1. The van der Waals surface area contributed by atoms with Gasteiger partial charge in [0.05, 0.1) is 6.10 Å². The zero-order chi connectivity index (χ0) is 8.97. The minimum absolute atomic E-state index is 0.108. The quantitative estimate of drug-likeness (QED) is 0.467. The van der Waals surface area contributed by atoms with Crippen molar-refractivity contribution in [2.45, 2.75) is 45.6 Å². The molecule has 2 heteroatoms. The van der Waals surface area contributed by atoms with Gasteiger partial charge in [0.1, 0.15) is 0 Å². The van der Waals surface area contributed by atoms with Crippen LogP contribution in [0.2, 0.25) is 0 Å². The lowest BCUT2D eigenvalue weighted by molar-refractivity contribution is -0.146. The number of hydrogen-bond donors (Lipinski definition) is 0. The summed E-state index contributed by atoms with van der Waals surface area (Å²) in [5, 5.41) is 0. The van der Waals surface area contributed by atoms with Crippen molar-refractivity contribution in [2.75, 3.05) is 0 Å². The second-order valence-electron chi connectivity index (χ2n) is 3.27. The first-order valence-corrected chi connectivity index (χ1v) is 4.64. The topological polar surface area (TPSA) is 26.3 Å². The summed E-state index contributed by atoms with van der Waals surface area (Å²) >= 11 is 0. The lowest BCUT2D eigenvalue weighted by Gasteiger charge is -2.20. The van der Waals surface area contributed by atoms with Crippen LogP contribution in [0.4, 0.5) is 0 Å². The summed E-state index contributed by atoms with van der Waals surface area (Å²) in [7, 11) is 0. The molecule has 12 heavy (non-hydrogen) atoms. The molecule has 0 aromatic rings. The lowest BCUT2D eigenvalue weighted by atomic mass is 10.0. The summed E-state index contributed by atoms with van der Waals surface area (Å²) in [5.74, 6) is -0.109. The van der Waals surface area contributed by atoms with Gasteiger partial charge in [-0.05, 0) is 26.2 Å². The molecule has 0 aromatic heterocycles. The van der Waals surface area contributed by atoms with Crippen molar-refractivity contribution in [1.29, 1.82) is 0 Å². The Labute approximate surface area is 73.6 Å². The van der Waals surface area contributed by atoms with Gasteiger partial charge in [0.25, 0.3) is 0 Å². The van der Waals surface area contributed by atoms with Crippen LogP contribution in [0.5, 0.6) is 0 Å². The molecular formula is C10H16O2. The molecule has 1 fully saturated rings. The SMILES string of the molecule is CCC/C=C1\CCC(C)OC1=O. The highest BCUT2D eigenvalue weighted by molar-refractivity contribution is 5.89. The van der Waals surface area contributed by atoms with E-state index in [1.165, 1.54) is 0 Å². The zero-order valence-corrected chi connectivity index (χ0v) is 7.80. The van der Waals surface area contributed by atoms with Gasteiger partial charge in [-0.3, -0.25) is 0 Å². The highest BCUT2D eigenvalue weighted by Crippen LogP contribution is 2.19. The molecule has 68 valence electrons. The van der Waals surface area contributed by atoms with Crippen LogP contribution in [0.25, 0.3) is 0 Å². The van der Waals surface area contributed by atoms with Gasteiger partial charge in [0.15, 0.2) is 0 Å². The summed E-state index contributed by atoms with van der Waals surface area (Å²) in [6, 6.07) is 0. The number of unbranched alkanes of at least 4 members (excludes halogenated alkanes) is 1. The highest BCUT2D eigenvalue weighted by Gasteiger charge is 2.20. The van der Waals surface area contributed by atoms with Crippen molar-refractivity contribution in [3.05, 3.63) is 11.6 Å². The second-order valence-corrected chi connectivity index (χ2v) is 3.27. The number of rotatable bonds is 2. The molecule has 0 aliphatic carbocycles. The Morgan fingerprint density at radius 2 is 2.42 bits per heavy atom. The molecule has 1 aliphatic heterocycles. The van der Waals surface area contributed by atoms with E-state index in [1.807, 2.05) is 13.0 Å². The number of esters is 1. The maximum Gasteiger partial charge on any atom is 0.333 e. The molecule has 0 amide bonds. The van der Waals surface area contributed by atoms with E-state index in [1.54, 1.807) is 0 Å². The summed E-state index contributed by atoms with van der Waals surface area (Å²) in [6.07, 6.45) is 6.05. The van der Waals surface area contributed by atoms with Gasteiger partial charge in [-0.25, -0.2) is 4.79 Å². The third-order valence-electron chi connectivity index (χ3n) is 2.07. The van der Waals surface area contributed by atoms with Crippen LogP contribution in [0.1, 0.15) is 39.5 Å². The molecule has 1 rings (SSSR count). The first-order valence-electron chi connectivity index (χ1n) is 4.64. The molecule has 0 N–H and O–H groups in total. The first kappa shape index (κ1) is 9.30. The molecule has 0 aromatic carbocycles. The van der Waals surface area contributed by atoms with E-state index in [-0.39, 0.29) is 12.1 Å². The molecule has 2 nitrogen and oxygen atoms in total. The number of carbonyl (C=O) groups excluding carboxylic acids is 1. The van der Waals surface area contributed by atoms with E-state index < -0.39 is 0 Å². The molecule has 1 heterocycles. The Hall–Kier alpha value is -0.790. The Kier molecular flexibility index (Phi) is 3.32. The Morgan fingerprint density at radius 1 is 1.67 bits per heavy atom. The predicted octanol–water partition coefficient (Wildman–Crippen LogP) is 2.44. The van der Waals surface area contributed by atoms with Crippen molar-refractivity contribution >= 4 is 5.97 Å². The highest BCUT2D eigenvalue weighted by atomic mass is 16.5. The van der Waals surface area contributed by atoms with Gasteiger partial charge in [0.2, 0.25) is 0 Å². The van der Waals surface area contributed by atoms with Crippen LogP contribution >= 0.6 is 0 Å². The van der Waals surface area contributed by atoms with Crippen molar-refractivity contribution in [1.82, 2.24) is 0 Å². The van der Waals surface area contributed by atoms with Crippen LogP contribution in [0.15, 0.2) is 11.6 Å². The molecule has 0 bridgehead atoms. The summed E-state index contributed by atoms with van der Waals surface area (Å²) in [4.78, 5) is 11.2. The van der Waals surface area contributed by atoms with Gasteiger partial charge in [0, 0.05) is 5.57 Å². The molecule has 1 unspecified atom stereocenters. The third-order valence-corrected chi connectivity index (χ3v) is 2.07. The summed E-state index contributed by atoms with van der Waals surface area (Å²) in [6.45, 7) is 4.04. The molecule has 0 saturated carbocycles. The van der Waals surface area contributed by atoms with Gasteiger partial charge in [-0.1, -0.05) is 19.4 Å². The van der Waals surface area contributed by atoms with Crippen molar-refractivity contribution in [3.63, 3.8) is 0 Å². The third kappa shape index (κ3) is 2.36. The molecular weight excluding hydrogens is 152 g/mol. The van der Waals surface area contributed by atoms with Crippen molar-refractivity contribution in [3.8, 4) is 0 Å². The summed E-state index contributed by atoms with van der Waals surface area (Å²) < 4.78 is 5.09. The maximum atomic E-state index is 11.2. The minimum atomic E-state index is -0.109. The normalized spacial score (nSPS) is 27.3. The fourth-order valence-corrected chi connectivity index (χ4v) is 1.28. The van der Waals surface area contributed by atoms with Crippen LogP contribution < -0.4 is 0 Å². The van der Waals surface area contributed by atoms with Crippen molar-refractivity contribution < 1.29 is 9.53 Å². The van der Waals surface area contributed by atoms with Crippen LogP contribution in [0.3, 0.4) is 0 Å². The van der Waals surface area contributed by atoms with Gasteiger partial charge >= 0.3 is 5.97 Å². The van der Waals surface area contributed by atoms with Crippen molar-refractivity contribution in [2.24, 2.45) is 0 Å². The molecule has 1 aliphatic rings. The average molecular weight is 168 g/mol. The van der Waals surface area contributed by atoms with Crippen LogP contribution in [-0.2, 0) is 9.53 Å². The van der Waals surface area contributed by atoms with E-state index >= 15 is 0 Å². The Balaban J connectivity index is 2.50. The smallest absolute Gasteiger partial charge is 0.333 e. The Bertz CT molecular complexity index is 194. The monoisotopic (exact) mass is 168 g/mol. The fraction of sp³-hybridized carbons (Fsp3) is 0.700. The maximum absolute atomic E-state index is 11.2. The van der Waals surface area contributed by atoms with E-state index in [0.717, 1.165) is 31.3 Å². The largest absolute Gasteiger partial charge is 0.459 e. The van der Waals surface area contributed by atoms with Crippen LogP contribution in [-0.4, -0.2) is 12.1 Å². The number of carbonyl (C=O) groups is 1. The average Bonchev–Trinajstić information content (AvgIpc) is 2.03. The number of ether oxygens (including phenoxy) is 1. The predicted molar refractivity (Wildman–Crippen MR) is 47.8 cm³/mol. The number of cyclic esters (lactones) is 1. The summed E-state index contributed by atoms with van der Waals surface area (Å²) in [5.41, 5.74) is 0.870. The number of hydrogen-bond acceptors (Lipinski definition) is 2. The first-order chi connectivity index (χ1) is 5.74. The van der Waals surface area contributed by atoms with E-state index in [4.69, 9.17) is 4.74 Å². The van der Waals surface area contributed by atoms with Gasteiger partial charge in [-0.15, -0.1) is 0 Å². The van der Waals surface area contributed by atoms with Gasteiger partial charge in [-0.2, -0.15) is 0 Å². The fourth-order valence-electron chi connectivity index (χ4n) is 1.28. The van der Waals surface area contributed by atoms with E-state index in [9.17, 15) is 4.79 Å². The minimum Gasteiger partial charge on any atom is -0.459 e. The molecule has 1 atom stereocenters.